The molecule has 10 nitrogen and oxygen atoms in total. The second-order valence-corrected chi connectivity index (χ2v) is 12.5. The van der Waals surface area contributed by atoms with Gasteiger partial charge in [-0.15, -0.1) is 0 Å². The van der Waals surface area contributed by atoms with E-state index >= 15 is 0 Å². The molecule has 1 saturated heterocycles. The molecule has 0 unspecified atom stereocenters. The highest BCUT2D eigenvalue weighted by Crippen LogP contribution is 2.46. The molecule has 2 aliphatic rings. The van der Waals surface area contributed by atoms with E-state index in [2.05, 4.69) is 4.98 Å². The van der Waals surface area contributed by atoms with Crippen molar-refractivity contribution in [2.75, 3.05) is 25.4 Å². The molecule has 1 aromatic heterocycles. The Bertz CT molecular complexity index is 1640. The fourth-order valence-electron chi connectivity index (χ4n) is 6.39. The normalized spacial score (nSPS) is 20.6. The van der Waals surface area contributed by atoms with Crippen LogP contribution in [0, 0.1) is 5.92 Å². The van der Waals surface area contributed by atoms with Crippen LogP contribution in [0.4, 0.5) is 27.6 Å². The van der Waals surface area contributed by atoms with Crippen molar-refractivity contribution in [2.24, 2.45) is 5.92 Å². The minimum atomic E-state index is -4.54. The second kappa shape index (κ2) is 13.9. The van der Waals surface area contributed by atoms with Crippen molar-refractivity contribution >= 4 is 18.0 Å². The fourth-order valence-corrected chi connectivity index (χ4v) is 6.39. The third-order valence-electron chi connectivity index (χ3n) is 8.93. The van der Waals surface area contributed by atoms with Crippen LogP contribution < -0.4 is 16.0 Å². The van der Waals surface area contributed by atoms with Gasteiger partial charge < -0.3 is 25.4 Å². The molecular weight excluding hydrogens is 641 g/mol. The maximum Gasteiger partial charge on any atom is 0.406 e. The number of ether oxygens (including phenoxy) is 1. The summed E-state index contributed by atoms with van der Waals surface area (Å²) in [7, 11) is 0. The van der Waals surface area contributed by atoms with Crippen LogP contribution in [0.25, 0.3) is 0 Å². The molecule has 5 rings (SSSR count). The van der Waals surface area contributed by atoms with Gasteiger partial charge in [0.15, 0.2) is 5.69 Å². The number of hydrogen-bond acceptors (Lipinski definition) is 7. The Hall–Kier alpha value is -4.53. The molecule has 1 aliphatic carbocycles. The standard InChI is InChI=1S/C33H36F5N5O5/c34-32(35)11-10-25(26(16-32)23-4-2-1-3-5-23)29(45)42-14-12-31(47,13-15-42)18-43-20-40-28(27(39)30(43)46)48-24-8-6-22(7-9-24)17-41(21-44)19-33(36,37)38/h1-9,20-21,25-26,47H,10-19,39H2/t25-,26+/m1/s1. The number of amides is 2. The molecule has 3 N–H and O–H groups in total. The van der Waals surface area contributed by atoms with Crippen molar-refractivity contribution in [3.05, 3.63) is 82.4 Å². The molecule has 2 heterocycles. The van der Waals surface area contributed by atoms with E-state index in [1.165, 1.54) is 30.6 Å². The van der Waals surface area contributed by atoms with Gasteiger partial charge in [0.2, 0.25) is 24.1 Å². The Morgan fingerprint density at radius 1 is 1.08 bits per heavy atom. The summed E-state index contributed by atoms with van der Waals surface area (Å²) in [6.45, 7) is -1.47. The number of nitrogen functional groups attached to an aromatic ring is 1. The third kappa shape index (κ3) is 8.48. The van der Waals surface area contributed by atoms with E-state index in [1.807, 2.05) is 0 Å². The summed E-state index contributed by atoms with van der Waals surface area (Å²) in [6, 6.07) is 14.6. The molecule has 1 aliphatic heterocycles. The van der Waals surface area contributed by atoms with Crippen molar-refractivity contribution in [3.8, 4) is 11.6 Å². The molecule has 0 spiro atoms. The Balaban J connectivity index is 1.19. The fraction of sp³-hybridized carbons (Fsp3) is 0.455. The van der Waals surface area contributed by atoms with Crippen LogP contribution in [0.15, 0.2) is 65.7 Å². The molecule has 1 saturated carbocycles. The van der Waals surface area contributed by atoms with Crippen molar-refractivity contribution in [1.29, 1.82) is 0 Å². The first-order chi connectivity index (χ1) is 22.7. The second-order valence-electron chi connectivity index (χ2n) is 12.5. The number of anilines is 1. The molecule has 2 aromatic carbocycles. The summed E-state index contributed by atoms with van der Waals surface area (Å²) in [6.07, 6.45) is -3.68. The summed E-state index contributed by atoms with van der Waals surface area (Å²) in [5, 5.41) is 11.3. The minimum Gasteiger partial charge on any atom is -0.437 e. The number of nitrogens with zero attached hydrogens (tertiary/aromatic N) is 4. The van der Waals surface area contributed by atoms with E-state index in [0.717, 1.165) is 4.57 Å². The van der Waals surface area contributed by atoms with Crippen molar-refractivity contribution < 1.29 is 41.4 Å². The van der Waals surface area contributed by atoms with Crippen LogP contribution in [0.2, 0.25) is 0 Å². The van der Waals surface area contributed by atoms with Gasteiger partial charge in [-0.25, -0.2) is 13.8 Å². The van der Waals surface area contributed by atoms with Crippen LogP contribution in [0.5, 0.6) is 11.6 Å². The molecule has 15 heteroatoms. The lowest BCUT2D eigenvalue weighted by Crippen LogP contribution is -2.52. The predicted molar refractivity (Wildman–Crippen MR) is 164 cm³/mol. The molecule has 0 bridgehead atoms. The summed E-state index contributed by atoms with van der Waals surface area (Å²) in [5.41, 5.74) is 4.74. The van der Waals surface area contributed by atoms with E-state index in [0.29, 0.717) is 16.0 Å². The van der Waals surface area contributed by atoms with Gasteiger partial charge in [0.25, 0.3) is 5.56 Å². The van der Waals surface area contributed by atoms with Gasteiger partial charge in [-0.1, -0.05) is 42.5 Å². The molecule has 2 atom stereocenters. The summed E-state index contributed by atoms with van der Waals surface area (Å²) in [5.74, 6) is -4.32. The number of carbonyl (C=O) groups excluding carboxylic acids is 2. The van der Waals surface area contributed by atoms with Crippen LogP contribution >= 0.6 is 0 Å². The summed E-state index contributed by atoms with van der Waals surface area (Å²) >= 11 is 0. The quantitative estimate of drug-likeness (QED) is 0.235. The van der Waals surface area contributed by atoms with Crippen LogP contribution in [-0.4, -0.2) is 74.1 Å². The number of hydrogen-bond donors (Lipinski definition) is 2. The van der Waals surface area contributed by atoms with E-state index in [9.17, 15) is 41.4 Å². The minimum absolute atomic E-state index is 0.0613. The average Bonchev–Trinajstić information content (AvgIpc) is 3.04. The zero-order chi connectivity index (χ0) is 34.7. The molecule has 3 aromatic rings. The lowest BCUT2D eigenvalue weighted by molar-refractivity contribution is -0.155. The van der Waals surface area contributed by atoms with Crippen molar-refractivity contribution in [3.63, 3.8) is 0 Å². The monoisotopic (exact) mass is 677 g/mol. The highest BCUT2D eigenvalue weighted by Gasteiger charge is 2.46. The topological polar surface area (TPSA) is 131 Å². The number of aliphatic hydroxyl groups is 1. The van der Waals surface area contributed by atoms with Gasteiger partial charge in [0.05, 0.1) is 12.1 Å². The molecule has 0 radical (unpaired) electrons. The smallest absolute Gasteiger partial charge is 0.406 e. The van der Waals surface area contributed by atoms with Gasteiger partial charge in [-0.05, 0) is 42.5 Å². The number of halogens is 5. The predicted octanol–water partition coefficient (Wildman–Crippen LogP) is 4.71. The number of benzene rings is 2. The number of alkyl halides is 5. The zero-order valence-corrected chi connectivity index (χ0v) is 25.9. The molecule has 48 heavy (non-hydrogen) atoms. The maximum atomic E-state index is 14.4. The van der Waals surface area contributed by atoms with E-state index in [1.54, 1.807) is 35.2 Å². The van der Waals surface area contributed by atoms with Crippen molar-refractivity contribution in [2.45, 2.75) is 68.8 Å². The number of carbonyl (C=O) groups is 2. The first kappa shape index (κ1) is 34.8. The number of nitrogens with two attached hydrogens (primary N) is 1. The van der Waals surface area contributed by atoms with Crippen molar-refractivity contribution in [1.82, 2.24) is 19.4 Å². The van der Waals surface area contributed by atoms with Gasteiger partial charge in [-0.2, -0.15) is 13.2 Å². The number of likely N-dealkylation sites (tertiary alicyclic amines) is 1. The molecule has 258 valence electrons. The van der Waals surface area contributed by atoms with Gasteiger partial charge in [0, 0.05) is 44.3 Å². The van der Waals surface area contributed by atoms with E-state index < -0.39 is 48.1 Å². The molecule has 2 amide bonds. The SMILES string of the molecule is Nc1c(Oc2ccc(CN(C=O)CC(F)(F)F)cc2)ncn(CC2(O)CCN(C(=O)[C@@H]3CCC(F)(F)C[C@H]3c3ccccc3)CC2)c1=O. The van der Waals surface area contributed by atoms with Gasteiger partial charge in [-0.3, -0.25) is 19.0 Å². The molecule has 2 fully saturated rings. The van der Waals surface area contributed by atoms with Gasteiger partial charge in [0.1, 0.15) is 18.6 Å². The van der Waals surface area contributed by atoms with E-state index in [-0.39, 0.29) is 81.5 Å². The summed E-state index contributed by atoms with van der Waals surface area (Å²) in [4.78, 5) is 43.9. The number of rotatable bonds is 10. The largest absolute Gasteiger partial charge is 0.437 e. The van der Waals surface area contributed by atoms with Crippen LogP contribution in [0.3, 0.4) is 0 Å². The number of aromatic nitrogens is 2. The third-order valence-corrected chi connectivity index (χ3v) is 8.93. The van der Waals surface area contributed by atoms with Crippen LogP contribution in [0.1, 0.15) is 49.1 Å². The lowest BCUT2D eigenvalue weighted by atomic mass is 9.73. The first-order valence-electron chi connectivity index (χ1n) is 15.5. The van der Waals surface area contributed by atoms with Gasteiger partial charge >= 0.3 is 6.18 Å². The lowest BCUT2D eigenvalue weighted by Gasteiger charge is -2.42. The highest BCUT2D eigenvalue weighted by atomic mass is 19.4. The van der Waals surface area contributed by atoms with E-state index in [4.69, 9.17) is 10.5 Å². The number of piperidine rings is 1. The molecular formula is C33H36F5N5O5. The average molecular weight is 678 g/mol. The summed E-state index contributed by atoms with van der Waals surface area (Å²) < 4.78 is 73.4. The Kier molecular flexibility index (Phi) is 10.1. The zero-order valence-electron chi connectivity index (χ0n) is 25.9. The first-order valence-corrected chi connectivity index (χ1v) is 15.5. The van der Waals surface area contributed by atoms with Crippen LogP contribution in [-0.2, 0) is 22.7 Å². The Morgan fingerprint density at radius 3 is 2.38 bits per heavy atom. The highest BCUT2D eigenvalue weighted by molar-refractivity contribution is 5.80. The maximum absolute atomic E-state index is 14.4. The Labute approximate surface area is 272 Å². The Morgan fingerprint density at radius 2 is 1.75 bits per heavy atom.